The largest absolute Gasteiger partial charge is 0.396 e. The van der Waals surface area contributed by atoms with Crippen molar-refractivity contribution in [2.24, 2.45) is 5.41 Å². The zero-order chi connectivity index (χ0) is 9.95. The van der Waals surface area contributed by atoms with Crippen LogP contribution in [0.5, 0.6) is 0 Å². The van der Waals surface area contributed by atoms with Gasteiger partial charge in [-0.3, -0.25) is 0 Å². The lowest BCUT2D eigenvalue weighted by Gasteiger charge is -2.43. The summed E-state index contributed by atoms with van der Waals surface area (Å²) in [5.74, 6) is 0. The fourth-order valence-corrected chi connectivity index (χ4v) is 2.82. The standard InChI is InChI=1S/C11H22O2/c1-3-11(13,4-2)10(9-12)7-5-6-8-10/h12-13H,3-9H2,1-2H3. The molecule has 0 bridgehead atoms. The Kier molecular flexibility index (Phi) is 3.36. The molecule has 1 rings (SSSR count). The maximum absolute atomic E-state index is 10.4. The zero-order valence-corrected chi connectivity index (χ0v) is 8.84. The summed E-state index contributed by atoms with van der Waals surface area (Å²) in [6.07, 6.45) is 5.79. The zero-order valence-electron chi connectivity index (χ0n) is 8.84. The van der Waals surface area contributed by atoms with E-state index >= 15 is 0 Å². The van der Waals surface area contributed by atoms with E-state index in [1.54, 1.807) is 0 Å². The van der Waals surface area contributed by atoms with Gasteiger partial charge in [0, 0.05) is 5.41 Å². The van der Waals surface area contributed by atoms with Gasteiger partial charge in [-0.15, -0.1) is 0 Å². The molecule has 0 unspecified atom stereocenters. The minimum atomic E-state index is -0.641. The van der Waals surface area contributed by atoms with E-state index in [9.17, 15) is 10.2 Å². The quantitative estimate of drug-likeness (QED) is 0.705. The molecule has 0 aromatic heterocycles. The molecular formula is C11H22O2. The SMILES string of the molecule is CCC(O)(CC)C1(CO)CCCC1. The van der Waals surface area contributed by atoms with E-state index in [4.69, 9.17) is 0 Å². The monoisotopic (exact) mass is 186 g/mol. The van der Waals surface area contributed by atoms with Crippen LogP contribution in [-0.2, 0) is 0 Å². The fourth-order valence-electron chi connectivity index (χ4n) is 2.82. The molecule has 0 atom stereocenters. The number of rotatable bonds is 4. The summed E-state index contributed by atoms with van der Waals surface area (Å²) in [7, 11) is 0. The molecule has 0 amide bonds. The molecule has 0 aromatic carbocycles. The van der Waals surface area contributed by atoms with Crippen LogP contribution in [0.25, 0.3) is 0 Å². The topological polar surface area (TPSA) is 40.5 Å². The predicted octanol–water partition coefficient (Wildman–Crippen LogP) is 2.09. The van der Waals surface area contributed by atoms with Gasteiger partial charge in [0.2, 0.25) is 0 Å². The lowest BCUT2D eigenvalue weighted by Crippen LogP contribution is -2.48. The second-order valence-corrected chi connectivity index (χ2v) is 4.38. The second-order valence-electron chi connectivity index (χ2n) is 4.38. The van der Waals surface area contributed by atoms with Gasteiger partial charge < -0.3 is 10.2 Å². The number of aliphatic hydroxyl groups is 2. The van der Waals surface area contributed by atoms with Crippen LogP contribution in [0.4, 0.5) is 0 Å². The second kappa shape index (κ2) is 3.97. The van der Waals surface area contributed by atoms with Crippen molar-refractivity contribution < 1.29 is 10.2 Å². The summed E-state index contributed by atoms with van der Waals surface area (Å²) in [5.41, 5.74) is -0.839. The molecule has 0 aliphatic heterocycles. The Balaban J connectivity index is 2.84. The van der Waals surface area contributed by atoms with Crippen molar-refractivity contribution in [3.8, 4) is 0 Å². The van der Waals surface area contributed by atoms with E-state index in [1.165, 1.54) is 0 Å². The molecule has 78 valence electrons. The average Bonchev–Trinajstić information content (AvgIpc) is 2.66. The summed E-state index contributed by atoms with van der Waals surface area (Å²) in [4.78, 5) is 0. The van der Waals surface area contributed by atoms with Gasteiger partial charge in [-0.05, 0) is 25.7 Å². The van der Waals surface area contributed by atoms with Crippen molar-refractivity contribution in [3.63, 3.8) is 0 Å². The van der Waals surface area contributed by atoms with Crippen LogP contribution >= 0.6 is 0 Å². The molecule has 1 aliphatic rings. The van der Waals surface area contributed by atoms with Crippen LogP contribution in [0.3, 0.4) is 0 Å². The Morgan fingerprint density at radius 1 is 1.15 bits per heavy atom. The highest BCUT2D eigenvalue weighted by Crippen LogP contribution is 2.49. The van der Waals surface area contributed by atoms with Crippen LogP contribution in [-0.4, -0.2) is 22.4 Å². The minimum absolute atomic E-state index is 0.144. The summed E-state index contributed by atoms with van der Waals surface area (Å²) in [5, 5.41) is 19.9. The van der Waals surface area contributed by atoms with Gasteiger partial charge in [0.05, 0.1) is 12.2 Å². The summed E-state index contributed by atoms with van der Waals surface area (Å²) in [6.45, 7) is 4.17. The summed E-state index contributed by atoms with van der Waals surface area (Å²) in [6, 6.07) is 0. The van der Waals surface area contributed by atoms with E-state index in [-0.39, 0.29) is 12.0 Å². The van der Waals surface area contributed by atoms with E-state index < -0.39 is 5.60 Å². The van der Waals surface area contributed by atoms with Gasteiger partial charge >= 0.3 is 0 Å². The van der Waals surface area contributed by atoms with E-state index in [1.807, 2.05) is 13.8 Å². The third-order valence-corrected chi connectivity index (χ3v) is 4.02. The number of hydrogen-bond acceptors (Lipinski definition) is 2. The van der Waals surface area contributed by atoms with Gasteiger partial charge in [-0.1, -0.05) is 26.7 Å². The summed E-state index contributed by atoms with van der Waals surface area (Å²) < 4.78 is 0. The first-order valence-corrected chi connectivity index (χ1v) is 5.47. The molecule has 13 heavy (non-hydrogen) atoms. The highest BCUT2D eigenvalue weighted by Gasteiger charge is 2.48. The molecule has 0 aromatic rings. The van der Waals surface area contributed by atoms with Crippen LogP contribution in [0.15, 0.2) is 0 Å². The molecule has 0 saturated heterocycles. The van der Waals surface area contributed by atoms with Crippen molar-refractivity contribution in [3.05, 3.63) is 0 Å². The lowest BCUT2D eigenvalue weighted by atomic mass is 9.68. The van der Waals surface area contributed by atoms with E-state index in [0.29, 0.717) is 0 Å². The number of hydrogen-bond donors (Lipinski definition) is 2. The van der Waals surface area contributed by atoms with Crippen LogP contribution in [0.2, 0.25) is 0 Å². The normalized spacial score (nSPS) is 22.2. The van der Waals surface area contributed by atoms with Gasteiger partial charge in [0.15, 0.2) is 0 Å². The first kappa shape index (κ1) is 11.0. The predicted molar refractivity (Wildman–Crippen MR) is 53.5 cm³/mol. The van der Waals surface area contributed by atoms with Gasteiger partial charge in [0.1, 0.15) is 0 Å². The van der Waals surface area contributed by atoms with Crippen molar-refractivity contribution in [1.82, 2.24) is 0 Å². The molecule has 1 saturated carbocycles. The van der Waals surface area contributed by atoms with Crippen molar-refractivity contribution >= 4 is 0 Å². The highest BCUT2D eigenvalue weighted by atomic mass is 16.3. The molecule has 0 radical (unpaired) electrons. The van der Waals surface area contributed by atoms with Crippen molar-refractivity contribution in [1.29, 1.82) is 0 Å². The maximum atomic E-state index is 10.4. The minimum Gasteiger partial charge on any atom is -0.396 e. The Morgan fingerprint density at radius 2 is 1.62 bits per heavy atom. The van der Waals surface area contributed by atoms with Gasteiger partial charge in [-0.2, -0.15) is 0 Å². The maximum Gasteiger partial charge on any atom is 0.0720 e. The van der Waals surface area contributed by atoms with Crippen molar-refractivity contribution in [2.75, 3.05) is 6.61 Å². The Hall–Kier alpha value is -0.0800. The summed E-state index contributed by atoms with van der Waals surface area (Å²) >= 11 is 0. The van der Waals surface area contributed by atoms with Crippen LogP contribution in [0, 0.1) is 5.41 Å². The van der Waals surface area contributed by atoms with Crippen molar-refractivity contribution in [2.45, 2.75) is 58.0 Å². The molecule has 1 fully saturated rings. The third kappa shape index (κ3) is 1.62. The molecule has 2 heteroatoms. The van der Waals surface area contributed by atoms with Gasteiger partial charge in [-0.25, -0.2) is 0 Å². The Morgan fingerprint density at radius 3 is 1.92 bits per heavy atom. The van der Waals surface area contributed by atoms with E-state index in [0.717, 1.165) is 38.5 Å². The first-order chi connectivity index (χ1) is 6.14. The number of aliphatic hydroxyl groups excluding tert-OH is 1. The lowest BCUT2D eigenvalue weighted by molar-refractivity contribution is -0.112. The molecule has 0 spiro atoms. The molecular weight excluding hydrogens is 164 g/mol. The van der Waals surface area contributed by atoms with E-state index in [2.05, 4.69) is 0 Å². The Labute approximate surface area is 81.0 Å². The van der Waals surface area contributed by atoms with Crippen LogP contribution < -0.4 is 0 Å². The first-order valence-electron chi connectivity index (χ1n) is 5.47. The van der Waals surface area contributed by atoms with Gasteiger partial charge in [0.25, 0.3) is 0 Å². The average molecular weight is 186 g/mol. The Bertz CT molecular complexity index is 155. The molecule has 2 nitrogen and oxygen atoms in total. The molecule has 0 heterocycles. The third-order valence-electron chi connectivity index (χ3n) is 4.02. The molecule has 1 aliphatic carbocycles. The fraction of sp³-hybridized carbons (Fsp3) is 1.00. The highest BCUT2D eigenvalue weighted by molar-refractivity contribution is 4.99. The van der Waals surface area contributed by atoms with Crippen LogP contribution in [0.1, 0.15) is 52.4 Å². The smallest absolute Gasteiger partial charge is 0.0720 e. The molecule has 2 N–H and O–H groups in total.